The van der Waals surface area contributed by atoms with E-state index in [2.05, 4.69) is 15.4 Å². The van der Waals surface area contributed by atoms with Crippen LogP contribution in [-0.4, -0.2) is 57.7 Å². The van der Waals surface area contributed by atoms with Crippen LogP contribution in [0.2, 0.25) is 0 Å². The van der Waals surface area contributed by atoms with Crippen LogP contribution < -0.4 is 25.2 Å². The Morgan fingerprint density at radius 1 is 0.864 bits per heavy atom. The number of likely N-dealkylation sites (N-methyl/N-ethyl adjacent to an activating group) is 1. The minimum Gasteiger partial charge on any atom is -0.484 e. The van der Waals surface area contributed by atoms with E-state index in [-0.39, 0.29) is 43.9 Å². The molecule has 0 saturated carbocycles. The van der Waals surface area contributed by atoms with Crippen molar-refractivity contribution in [2.75, 3.05) is 49.0 Å². The van der Waals surface area contributed by atoms with Crippen molar-refractivity contribution >= 4 is 40.9 Å². The molecule has 0 saturated heterocycles. The zero-order valence-electron chi connectivity index (χ0n) is 26.1. The fourth-order valence-corrected chi connectivity index (χ4v) is 4.32. The molecule has 232 valence electrons. The first-order chi connectivity index (χ1) is 20.9. The summed E-state index contributed by atoms with van der Waals surface area (Å²) in [6.45, 7) is 7.65. The molecule has 2 N–H and O–H groups in total. The van der Waals surface area contributed by atoms with E-state index in [1.165, 1.54) is 12.0 Å². The number of carbonyl (C=O) groups excluding carboxylic acids is 4. The minimum absolute atomic E-state index is 0.0749. The van der Waals surface area contributed by atoms with Gasteiger partial charge >= 0.3 is 12.0 Å². The van der Waals surface area contributed by atoms with Crippen LogP contribution in [0.5, 0.6) is 5.75 Å². The predicted molar refractivity (Wildman–Crippen MR) is 172 cm³/mol. The van der Waals surface area contributed by atoms with Crippen molar-refractivity contribution in [2.45, 2.75) is 34.1 Å². The number of aryl methyl sites for hydroxylation is 2. The highest BCUT2D eigenvalue weighted by Gasteiger charge is 2.18. The largest absolute Gasteiger partial charge is 0.484 e. The molecule has 10 heteroatoms. The molecule has 0 radical (unpaired) electrons. The molecule has 10 nitrogen and oxygen atoms in total. The lowest BCUT2D eigenvalue weighted by Crippen LogP contribution is -2.42. The van der Waals surface area contributed by atoms with Gasteiger partial charge < -0.3 is 29.9 Å². The number of allylic oxidation sites excluding steroid dienone is 1. The van der Waals surface area contributed by atoms with Gasteiger partial charge in [0.15, 0.2) is 6.61 Å². The molecule has 0 heterocycles. The topological polar surface area (TPSA) is 117 Å². The van der Waals surface area contributed by atoms with Crippen molar-refractivity contribution in [1.82, 2.24) is 5.32 Å². The molecular weight excluding hydrogens is 560 g/mol. The number of carbonyl (C=O) groups is 4. The highest BCUT2D eigenvalue weighted by molar-refractivity contribution is 5.99. The minimum atomic E-state index is -0.570. The summed E-state index contributed by atoms with van der Waals surface area (Å²) in [5.74, 6) is -0.527. The van der Waals surface area contributed by atoms with Gasteiger partial charge in [-0.3, -0.25) is 14.4 Å². The summed E-state index contributed by atoms with van der Waals surface area (Å²) in [6.07, 6.45) is 1.98. The average Bonchev–Trinajstić information content (AvgIpc) is 2.98. The quantitative estimate of drug-likeness (QED) is 0.219. The Bertz CT molecular complexity index is 1510. The molecule has 44 heavy (non-hydrogen) atoms. The molecule has 3 aromatic rings. The lowest BCUT2D eigenvalue weighted by molar-refractivity contribution is -0.139. The van der Waals surface area contributed by atoms with Gasteiger partial charge in [0.05, 0.1) is 20.1 Å². The predicted octanol–water partition coefficient (Wildman–Crippen LogP) is 5.18. The number of benzene rings is 3. The third-order valence-electron chi connectivity index (χ3n) is 6.60. The second-order valence-corrected chi connectivity index (χ2v) is 10.6. The Labute approximate surface area is 258 Å². The van der Waals surface area contributed by atoms with Crippen molar-refractivity contribution in [2.24, 2.45) is 0 Å². The fraction of sp³-hybridized carbons (Fsp3) is 0.294. The van der Waals surface area contributed by atoms with Crippen LogP contribution in [0.4, 0.5) is 21.9 Å². The number of rotatable bonds is 12. The molecule has 0 spiro atoms. The number of amides is 4. The number of ether oxygens (including phenoxy) is 2. The van der Waals surface area contributed by atoms with E-state index >= 15 is 0 Å². The van der Waals surface area contributed by atoms with Gasteiger partial charge in [0.25, 0.3) is 5.91 Å². The maximum absolute atomic E-state index is 13.3. The molecular formula is C34H40N4O6. The van der Waals surface area contributed by atoms with Crippen LogP contribution in [-0.2, 0) is 25.5 Å². The van der Waals surface area contributed by atoms with Gasteiger partial charge in [-0.05, 0) is 80.8 Å². The summed E-state index contributed by atoms with van der Waals surface area (Å²) in [5.41, 5.74) is 5.64. The third kappa shape index (κ3) is 10.3. The summed E-state index contributed by atoms with van der Waals surface area (Å²) in [6, 6.07) is 19.1. The highest BCUT2D eigenvalue weighted by atomic mass is 16.5. The number of nitrogens with zero attached hydrogens (tertiary/aromatic N) is 2. The van der Waals surface area contributed by atoms with Crippen LogP contribution in [0.1, 0.15) is 30.5 Å². The summed E-state index contributed by atoms with van der Waals surface area (Å²) < 4.78 is 10.5. The van der Waals surface area contributed by atoms with E-state index in [1.807, 2.05) is 52.0 Å². The van der Waals surface area contributed by atoms with E-state index in [9.17, 15) is 19.2 Å². The molecule has 3 aromatic carbocycles. The van der Waals surface area contributed by atoms with E-state index in [1.54, 1.807) is 60.5 Å². The lowest BCUT2D eigenvalue weighted by atomic mass is 10.1. The molecule has 4 amide bonds. The Morgan fingerprint density at radius 3 is 2.25 bits per heavy atom. The number of esters is 1. The average molecular weight is 601 g/mol. The summed E-state index contributed by atoms with van der Waals surface area (Å²) in [7, 11) is 3.02. The van der Waals surface area contributed by atoms with Gasteiger partial charge in [-0.25, -0.2) is 4.79 Å². The molecule has 0 unspecified atom stereocenters. The number of anilines is 3. The van der Waals surface area contributed by atoms with E-state index < -0.39 is 6.03 Å². The molecule has 0 bridgehead atoms. The molecule has 0 fully saturated rings. The maximum atomic E-state index is 13.3. The van der Waals surface area contributed by atoms with Crippen LogP contribution in [0.3, 0.4) is 0 Å². The smallest absolute Gasteiger partial charge is 0.319 e. The molecule has 0 aliphatic rings. The zero-order chi connectivity index (χ0) is 32.2. The van der Waals surface area contributed by atoms with E-state index in [0.29, 0.717) is 22.7 Å². The van der Waals surface area contributed by atoms with Crippen molar-refractivity contribution in [3.05, 3.63) is 95.1 Å². The number of methoxy groups -OCH3 is 1. The second kappa shape index (κ2) is 15.9. The fourth-order valence-electron chi connectivity index (χ4n) is 4.32. The van der Waals surface area contributed by atoms with Crippen LogP contribution in [0.25, 0.3) is 0 Å². The van der Waals surface area contributed by atoms with Gasteiger partial charge in [0.2, 0.25) is 5.91 Å². The highest BCUT2D eigenvalue weighted by Crippen LogP contribution is 2.23. The molecule has 0 atom stereocenters. The van der Waals surface area contributed by atoms with Gasteiger partial charge in [0.1, 0.15) is 5.75 Å². The normalized spacial score (nSPS) is 10.3. The first-order valence-electron chi connectivity index (χ1n) is 14.2. The van der Waals surface area contributed by atoms with Crippen molar-refractivity contribution in [3.8, 4) is 5.75 Å². The Kier molecular flexibility index (Phi) is 12.1. The lowest BCUT2D eigenvalue weighted by Gasteiger charge is -2.23. The first-order valence-corrected chi connectivity index (χ1v) is 14.2. The number of urea groups is 1. The SMILES string of the molecule is COC(=O)Cc1cccc(NC(=O)NCC(=O)N(CC=C(C)C)c2cccc(OCC(=O)N(C)c3cc(C)cc(C)c3)c2)c1. The summed E-state index contributed by atoms with van der Waals surface area (Å²) >= 11 is 0. The number of hydrogen-bond acceptors (Lipinski definition) is 6. The van der Waals surface area contributed by atoms with Crippen LogP contribution in [0, 0.1) is 13.8 Å². The zero-order valence-corrected chi connectivity index (χ0v) is 26.1. The van der Waals surface area contributed by atoms with Crippen LogP contribution in [0.15, 0.2) is 78.4 Å². The van der Waals surface area contributed by atoms with Gasteiger partial charge in [0, 0.05) is 36.7 Å². The summed E-state index contributed by atoms with van der Waals surface area (Å²) in [5, 5.41) is 5.28. The van der Waals surface area contributed by atoms with E-state index in [0.717, 1.165) is 22.4 Å². The third-order valence-corrected chi connectivity index (χ3v) is 6.60. The van der Waals surface area contributed by atoms with Gasteiger partial charge in [-0.15, -0.1) is 0 Å². The van der Waals surface area contributed by atoms with Gasteiger partial charge in [-0.1, -0.05) is 35.9 Å². The van der Waals surface area contributed by atoms with Crippen molar-refractivity contribution < 1.29 is 28.7 Å². The molecule has 0 aromatic heterocycles. The van der Waals surface area contributed by atoms with Crippen molar-refractivity contribution in [3.63, 3.8) is 0 Å². The molecule has 0 aliphatic heterocycles. The van der Waals surface area contributed by atoms with Crippen LogP contribution >= 0.6 is 0 Å². The Hall–Kier alpha value is -5.12. The van der Waals surface area contributed by atoms with Crippen molar-refractivity contribution in [1.29, 1.82) is 0 Å². The monoisotopic (exact) mass is 600 g/mol. The molecule has 3 rings (SSSR count). The second-order valence-electron chi connectivity index (χ2n) is 10.6. The first kappa shape index (κ1) is 33.4. The maximum Gasteiger partial charge on any atom is 0.319 e. The van der Waals surface area contributed by atoms with Gasteiger partial charge in [-0.2, -0.15) is 0 Å². The Morgan fingerprint density at radius 2 is 1.57 bits per heavy atom. The number of hydrogen-bond donors (Lipinski definition) is 2. The Balaban J connectivity index is 1.64. The molecule has 0 aliphatic carbocycles. The standard InChI is InChI=1S/C34H40N4O6/c1-23(2)13-14-38(31(39)21-35-34(42)36-27-10-7-9-26(18-27)19-33(41)43-6)28-11-8-12-30(20-28)44-22-32(40)37(5)29-16-24(3)15-25(4)17-29/h7-13,15-18,20H,14,19,21-22H2,1-6H3,(H2,35,36,42). The summed E-state index contributed by atoms with van der Waals surface area (Å²) in [4.78, 5) is 53.4. The number of nitrogens with one attached hydrogen (secondary N) is 2. The van der Waals surface area contributed by atoms with E-state index in [4.69, 9.17) is 4.74 Å².